The molecule has 2 nitrogen and oxygen atoms in total. The van der Waals surface area contributed by atoms with Gasteiger partial charge in [-0.3, -0.25) is 0 Å². The van der Waals surface area contributed by atoms with Crippen LogP contribution < -0.4 is 5.32 Å². The Bertz CT molecular complexity index is 126. The number of fused-ring (bicyclic) bond motifs is 1. The van der Waals surface area contributed by atoms with E-state index in [2.05, 4.69) is 12.2 Å². The van der Waals surface area contributed by atoms with Gasteiger partial charge >= 0.3 is 0 Å². The fourth-order valence-electron chi connectivity index (χ4n) is 2.13. The molecular weight excluding hydrogens is 126 g/mol. The fourth-order valence-corrected chi connectivity index (χ4v) is 2.13. The van der Waals surface area contributed by atoms with Gasteiger partial charge in [-0.15, -0.1) is 0 Å². The third-order valence-corrected chi connectivity index (χ3v) is 2.84. The molecule has 0 aromatic heterocycles. The summed E-state index contributed by atoms with van der Waals surface area (Å²) in [5.74, 6) is 2.48. The fraction of sp³-hybridized carbons (Fsp3) is 1.00. The average molecular weight is 141 g/mol. The maximum absolute atomic E-state index is 5.46. The summed E-state index contributed by atoms with van der Waals surface area (Å²) in [6, 6.07) is 0. The maximum Gasteiger partial charge on any atom is 0.0509 e. The van der Waals surface area contributed by atoms with E-state index >= 15 is 0 Å². The first-order valence-corrected chi connectivity index (χ1v) is 4.16. The Morgan fingerprint density at radius 2 is 2.20 bits per heavy atom. The van der Waals surface area contributed by atoms with Crippen molar-refractivity contribution in [2.75, 3.05) is 26.3 Å². The molecule has 0 aromatic carbocycles. The molecule has 0 aliphatic carbocycles. The van der Waals surface area contributed by atoms with Gasteiger partial charge in [0.15, 0.2) is 0 Å². The lowest BCUT2D eigenvalue weighted by Gasteiger charge is -2.30. The Kier molecular flexibility index (Phi) is 1.66. The van der Waals surface area contributed by atoms with E-state index in [1.54, 1.807) is 0 Å². The molecule has 2 aliphatic rings. The molecule has 1 N–H and O–H groups in total. The van der Waals surface area contributed by atoms with Crippen molar-refractivity contribution in [1.29, 1.82) is 0 Å². The molecule has 0 amide bonds. The summed E-state index contributed by atoms with van der Waals surface area (Å²) in [6.07, 6.45) is 0. The zero-order chi connectivity index (χ0) is 6.97. The summed E-state index contributed by atoms with van der Waals surface area (Å²) in [5.41, 5.74) is 0. The van der Waals surface area contributed by atoms with E-state index in [0.29, 0.717) is 0 Å². The molecule has 2 aliphatic heterocycles. The second-order valence-corrected chi connectivity index (χ2v) is 3.60. The van der Waals surface area contributed by atoms with Crippen molar-refractivity contribution in [3.8, 4) is 0 Å². The van der Waals surface area contributed by atoms with Crippen molar-refractivity contribution in [1.82, 2.24) is 5.32 Å². The van der Waals surface area contributed by atoms with Crippen LogP contribution in [-0.2, 0) is 4.74 Å². The highest BCUT2D eigenvalue weighted by Crippen LogP contribution is 2.29. The third-order valence-electron chi connectivity index (χ3n) is 2.84. The topological polar surface area (TPSA) is 21.3 Å². The predicted molar refractivity (Wildman–Crippen MR) is 39.8 cm³/mol. The van der Waals surface area contributed by atoms with Crippen LogP contribution in [0.5, 0.6) is 0 Å². The standard InChI is InChI=1S/C8H15NO/c1-6-4-10-5-7-2-9-3-8(6)7/h6-9H,2-5H2,1H3. The number of rotatable bonds is 0. The summed E-state index contributed by atoms with van der Waals surface area (Å²) in [4.78, 5) is 0. The summed E-state index contributed by atoms with van der Waals surface area (Å²) >= 11 is 0. The Balaban J connectivity index is 2.03. The monoisotopic (exact) mass is 141 g/mol. The molecule has 2 rings (SSSR count). The van der Waals surface area contributed by atoms with Crippen molar-refractivity contribution < 1.29 is 4.74 Å². The van der Waals surface area contributed by atoms with Crippen LogP contribution in [0.3, 0.4) is 0 Å². The van der Waals surface area contributed by atoms with Crippen molar-refractivity contribution >= 4 is 0 Å². The maximum atomic E-state index is 5.46. The summed E-state index contributed by atoms with van der Waals surface area (Å²) in [5, 5.41) is 3.41. The minimum absolute atomic E-state index is 0.772. The van der Waals surface area contributed by atoms with E-state index in [1.165, 1.54) is 13.1 Å². The van der Waals surface area contributed by atoms with Gasteiger partial charge in [0.05, 0.1) is 6.61 Å². The third kappa shape index (κ3) is 0.956. The van der Waals surface area contributed by atoms with Gasteiger partial charge in [0.1, 0.15) is 0 Å². The lowest BCUT2D eigenvalue weighted by Crippen LogP contribution is -2.32. The van der Waals surface area contributed by atoms with E-state index in [4.69, 9.17) is 4.74 Å². The predicted octanol–water partition coefficient (Wildman–Crippen LogP) is 0.488. The quantitative estimate of drug-likeness (QED) is 0.530. The highest BCUT2D eigenvalue weighted by molar-refractivity contribution is 4.86. The number of nitrogens with one attached hydrogen (secondary N) is 1. The molecule has 0 saturated carbocycles. The zero-order valence-corrected chi connectivity index (χ0v) is 6.47. The van der Waals surface area contributed by atoms with Crippen LogP contribution in [0.15, 0.2) is 0 Å². The molecule has 2 heteroatoms. The SMILES string of the molecule is CC1COCC2CNCC12. The van der Waals surface area contributed by atoms with Crippen LogP contribution in [0.2, 0.25) is 0 Å². The van der Waals surface area contributed by atoms with Crippen LogP contribution in [0.25, 0.3) is 0 Å². The van der Waals surface area contributed by atoms with E-state index in [1.807, 2.05) is 0 Å². The van der Waals surface area contributed by atoms with Crippen LogP contribution >= 0.6 is 0 Å². The van der Waals surface area contributed by atoms with Gasteiger partial charge in [0.2, 0.25) is 0 Å². The largest absolute Gasteiger partial charge is 0.381 e. The van der Waals surface area contributed by atoms with Crippen molar-refractivity contribution in [2.45, 2.75) is 6.92 Å². The van der Waals surface area contributed by atoms with Gasteiger partial charge in [0.25, 0.3) is 0 Å². The van der Waals surface area contributed by atoms with Crippen LogP contribution in [-0.4, -0.2) is 26.3 Å². The molecular formula is C8H15NO. The molecule has 2 saturated heterocycles. The first-order chi connectivity index (χ1) is 4.88. The Morgan fingerprint density at radius 3 is 3.00 bits per heavy atom. The van der Waals surface area contributed by atoms with Crippen LogP contribution in [0.4, 0.5) is 0 Å². The molecule has 0 radical (unpaired) electrons. The highest BCUT2D eigenvalue weighted by Gasteiger charge is 2.34. The Labute approximate surface area is 61.9 Å². The second-order valence-electron chi connectivity index (χ2n) is 3.60. The number of ether oxygens (including phenoxy) is 1. The van der Waals surface area contributed by atoms with Gasteiger partial charge < -0.3 is 10.1 Å². The van der Waals surface area contributed by atoms with Crippen molar-refractivity contribution in [2.24, 2.45) is 17.8 Å². The number of hydrogen-bond donors (Lipinski definition) is 1. The molecule has 0 spiro atoms. The molecule has 2 fully saturated rings. The molecule has 2 heterocycles. The lowest BCUT2D eigenvalue weighted by molar-refractivity contribution is -0.00191. The van der Waals surface area contributed by atoms with Crippen LogP contribution in [0.1, 0.15) is 6.92 Å². The molecule has 3 unspecified atom stereocenters. The molecule has 0 bridgehead atoms. The minimum atomic E-state index is 0.772. The summed E-state index contributed by atoms with van der Waals surface area (Å²) in [6.45, 7) is 6.65. The zero-order valence-electron chi connectivity index (χ0n) is 6.47. The lowest BCUT2D eigenvalue weighted by atomic mass is 9.84. The minimum Gasteiger partial charge on any atom is -0.381 e. The molecule has 3 atom stereocenters. The first kappa shape index (κ1) is 6.62. The second kappa shape index (κ2) is 2.51. The van der Waals surface area contributed by atoms with E-state index in [-0.39, 0.29) is 0 Å². The van der Waals surface area contributed by atoms with Gasteiger partial charge in [-0.1, -0.05) is 6.92 Å². The van der Waals surface area contributed by atoms with E-state index < -0.39 is 0 Å². The van der Waals surface area contributed by atoms with Gasteiger partial charge in [0, 0.05) is 13.2 Å². The first-order valence-electron chi connectivity index (χ1n) is 4.16. The van der Waals surface area contributed by atoms with Crippen molar-refractivity contribution in [3.63, 3.8) is 0 Å². The Morgan fingerprint density at radius 1 is 1.30 bits per heavy atom. The van der Waals surface area contributed by atoms with Gasteiger partial charge in [-0.05, 0) is 24.3 Å². The average Bonchev–Trinajstić information content (AvgIpc) is 2.36. The molecule has 10 heavy (non-hydrogen) atoms. The van der Waals surface area contributed by atoms with E-state index in [9.17, 15) is 0 Å². The highest BCUT2D eigenvalue weighted by atomic mass is 16.5. The van der Waals surface area contributed by atoms with Crippen LogP contribution in [0, 0.1) is 17.8 Å². The van der Waals surface area contributed by atoms with Gasteiger partial charge in [-0.2, -0.15) is 0 Å². The molecule has 58 valence electrons. The smallest absolute Gasteiger partial charge is 0.0509 e. The number of hydrogen-bond acceptors (Lipinski definition) is 2. The summed E-state index contributed by atoms with van der Waals surface area (Å²) < 4.78 is 5.46. The summed E-state index contributed by atoms with van der Waals surface area (Å²) in [7, 11) is 0. The van der Waals surface area contributed by atoms with Gasteiger partial charge in [-0.25, -0.2) is 0 Å². The van der Waals surface area contributed by atoms with Crippen molar-refractivity contribution in [3.05, 3.63) is 0 Å². The van der Waals surface area contributed by atoms with E-state index in [0.717, 1.165) is 31.0 Å². The molecule has 0 aromatic rings. The normalized spacial score (nSPS) is 47.1. The Hall–Kier alpha value is -0.0800.